The number of hydrogen-bond donors (Lipinski definition) is 1. The molecule has 1 N–H and O–H groups in total. The van der Waals surface area contributed by atoms with E-state index in [2.05, 4.69) is 26.2 Å². The zero-order valence-corrected chi connectivity index (χ0v) is 12.2. The average molecular weight is 338 g/mol. The van der Waals surface area contributed by atoms with Crippen molar-refractivity contribution in [1.82, 2.24) is 15.0 Å². The van der Waals surface area contributed by atoms with Crippen LogP contribution in [0, 0.1) is 0 Å². The lowest BCUT2D eigenvalue weighted by atomic mass is 10.2. The number of hydrogen-bond acceptors (Lipinski definition) is 4. The number of carboxylic acid groups (broad SMARTS) is 1. The third kappa shape index (κ3) is 3.92. The summed E-state index contributed by atoms with van der Waals surface area (Å²) in [7, 11) is 1.78. The van der Waals surface area contributed by atoms with E-state index in [4.69, 9.17) is 9.84 Å². The number of aliphatic carboxylic acids is 1. The predicted octanol–water partition coefficient (Wildman–Crippen LogP) is 2.25. The molecule has 0 radical (unpaired) electrons. The summed E-state index contributed by atoms with van der Waals surface area (Å²) in [5, 5.41) is 16.4. The molecule has 1 aromatic heterocycles. The van der Waals surface area contributed by atoms with Gasteiger partial charge in [0, 0.05) is 17.6 Å². The van der Waals surface area contributed by atoms with Gasteiger partial charge >= 0.3 is 5.97 Å². The van der Waals surface area contributed by atoms with Crippen LogP contribution in [0.1, 0.15) is 11.3 Å². The molecule has 2 rings (SSSR count). The molecule has 1 aromatic carbocycles. The van der Waals surface area contributed by atoms with Gasteiger partial charge in [0.2, 0.25) is 0 Å². The molecule has 6 nitrogen and oxygen atoms in total. The van der Waals surface area contributed by atoms with Crippen LogP contribution in [0.15, 0.2) is 34.9 Å². The Kier molecular flexibility index (Phi) is 4.52. The molecule has 7 heteroatoms. The molecule has 20 heavy (non-hydrogen) atoms. The Morgan fingerprint density at radius 2 is 2.35 bits per heavy atom. The molecule has 0 aliphatic rings. The van der Waals surface area contributed by atoms with Crippen LogP contribution >= 0.6 is 15.9 Å². The summed E-state index contributed by atoms with van der Waals surface area (Å²) in [5.41, 5.74) is 1.45. The lowest BCUT2D eigenvalue weighted by molar-refractivity contribution is -0.131. The van der Waals surface area contributed by atoms with Gasteiger partial charge in [0.15, 0.2) is 0 Å². The van der Waals surface area contributed by atoms with Crippen molar-refractivity contribution in [2.45, 2.75) is 6.61 Å². The van der Waals surface area contributed by atoms with Gasteiger partial charge in [-0.15, -0.1) is 5.10 Å². The van der Waals surface area contributed by atoms with E-state index in [-0.39, 0.29) is 0 Å². The van der Waals surface area contributed by atoms with E-state index >= 15 is 0 Å². The summed E-state index contributed by atoms with van der Waals surface area (Å²) < 4.78 is 7.98. The normalized spacial score (nSPS) is 10.9. The molecular formula is C13H12BrN3O3. The smallest absolute Gasteiger partial charge is 0.328 e. The van der Waals surface area contributed by atoms with Crippen LogP contribution in [-0.4, -0.2) is 26.1 Å². The van der Waals surface area contributed by atoms with Crippen molar-refractivity contribution in [3.05, 3.63) is 46.2 Å². The van der Waals surface area contributed by atoms with Gasteiger partial charge in [-0.05, 0) is 29.8 Å². The van der Waals surface area contributed by atoms with Crippen LogP contribution < -0.4 is 4.74 Å². The predicted molar refractivity (Wildman–Crippen MR) is 76.1 cm³/mol. The first-order chi connectivity index (χ1) is 9.54. The van der Waals surface area contributed by atoms with Crippen molar-refractivity contribution in [2.75, 3.05) is 0 Å². The molecule has 2 aromatic rings. The Hall–Kier alpha value is -2.15. The van der Waals surface area contributed by atoms with E-state index in [1.165, 1.54) is 6.08 Å². The first-order valence-corrected chi connectivity index (χ1v) is 6.52. The van der Waals surface area contributed by atoms with Gasteiger partial charge in [-0.1, -0.05) is 21.1 Å². The second kappa shape index (κ2) is 6.33. The molecule has 104 valence electrons. The lowest BCUT2D eigenvalue weighted by Crippen LogP contribution is -1.96. The quantitative estimate of drug-likeness (QED) is 0.846. The summed E-state index contributed by atoms with van der Waals surface area (Å²) in [5.74, 6) is -0.369. The van der Waals surface area contributed by atoms with Crippen molar-refractivity contribution < 1.29 is 14.6 Å². The van der Waals surface area contributed by atoms with Crippen molar-refractivity contribution in [2.24, 2.45) is 7.05 Å². The maximum Gasteiger partial charge on any atom is 0.328 e. The molecule has 0 atom stereocenters. The van der Waals surface area contributed by atoms with Gasteiger partial charge in [0.05, 0.1) is 6.20 Å². The zero-order valence-electron chi connectivity index (χ0n) is 10.7. The minimum Gasteiger partial charge on any atom is -0.487 e. The highest BCUT2D eigenvalue weighted by Crippen LogP contribution is 2.24. The Bertz CT molecular complexity index is 652. The first kappa shape index (κ1) is 14.3. The topological polar surface area (TPSA) is 77.2 Å². The van der Waals surface area contributed by atoms with E-state index in [0.717, 1.165) is 21.8 Å². The molecule has 0 aliphatic heterocycles. The number of carbonyl (C=O) groups is 1. The van der Waals surface area contributed by atoms with Crippen LogP contribution in [0.2, 0.25) is 0 Å². The second-order valence-corrected chi connectivity index (χ2v) is 4.88. The molecule has 0 aliphatic carbocycles. The maximum absolute atomic E-state index is 10.5. The molecule has 0 fully saturated rings. The highest BCUT2D eigenvalue weighted by molar-refractivity contribution is 9.10. The van der Waals surface area contributed by atoms with Crippen molar-refractivity contribution in [3.63, 3.8) is 0 Å². The van der Waals surface area contributed by atoms with Crippen molar-refractivity contribution in [1.29, 1.82) is 0 Å². The second-order valence-electron chi connectivity index (χ2n) is 4.03. The van der Waals surface area contributed by atoms with Crippen LogP contribution in [0.25, 0.3) is 6.08 Å². The fourth-order valence-electron chi connectivity index (χ4n) is 1.52. The molecule has 0 amide bonds. The number of halogens is 1. The number of aryl methyl sites for hydroxylation is 1. The Labute approximate surface area is 123 Å². The van der Waals surface area contributed by atoms with E-state index in [0.29, 0.717) is 12.4 Å². The van der Waals surface area contributed by atoms with Gasteiger partial charge in [0.1, 0.15) is 18.1 Å². The number of benzene rings is 1. The molecule has 0 spiro atoms. The minimum absolute atomic E-state index is 0.303. The van der Waals surface area contributed by atoms with Crippen molar-refractivity contribution >= 4 is 28.0 Å². The van der Waals surface area contributed by atoms with Crippen LogP contribution in [0.5, 0.6) is 5.75 Å². The summed E-state index contributed by atoms with van der Waals surface area (Å²) in [6, 6.07) is 5.34. The molecule has 0 unspecified atom stereocenters. The Morgan fingerprint density at radius 3 is 3.00 bits per heavy atom. The van der Waals surface area contributed by atoms with E-state index < -0.39 is 5.97 Å². The molecule has 0 bridgehead atoms. The Balaban J connectivity index is 2.08. The van der Waals surface area contributed by atoms with Gasteiger partial charge in [-0.3, -0.25) is 4.68 Å². The number of ether oxygens (including phenoxy) is 1. The summed E-state index contributed by atoms with van der Waals surface area (Å²) in [6.45, 7) is 0.303. The largest absolute Gasteiger partial charge is 0.487 e. The monoisotopic (exact) mass is 337 g/mol. The summed E-state index contributed by atoms with van der Waals surface area (Å²) >= 11 is 3.35. The number of nitrogens with zero attached hydrogens (tertiary/aromatic N) is 3. The first-order valence-electron chi connectivity index (χ1n) is 5.73. The van der Waals surface area contributed by atoms with E-state index in [1.807, 2.05) is 0 Å². The highest BCUT2D eigenvalue weighted by Gasteiger charge is 2.03. The number of carboxylic acids is 1. The van der Waals surface area contributed by atoms with E-state index in [9.17, 15) is 4.79 Å². The summed E-state index contributed by atoms with van der Waals surface area (Å²) in [6.07, 6.45) is 4.35. The minimum atomic E-state index is -0.997. The third-order valence-electron chi connectivity index (χ3n) is 2.41. The maximum atomic E-state index is 10.5. The fourth-order valence-corrected chi connectivity index (χ4v) is 1.90. The number of aromatic nitrogens is 3. The zero-order chi connectivity index (χ0) is 14.5. The molecular weight excluding hydrogens is 326 g/mol. The van der Waals surface area contributed by atoms with Gasteiger partial charge in [-0.2, -0.15) is 0 Å². The van der Waals surface area contributed by atoms with Gasteiger partial charge < -0.3 is 9.84 Å². The SMILES string of the molecule is Cn1cc(COc2ccc(Br)c(/C=C/C(=O)O)c2)nn1. The summed E-state index contributed by atoms with van der Waals surface area (Å²) in [4.78, 5) is 10.5. The van der Waals surface area contributed by atoms with E-state index in [1.54, 1.807) is 36.1 Å². The number of rotatable bonds is 5. The van der Waals surface area contributed by atoms with Crippen LogP contribution in [0.3, 0.4) is 0 Å². The lowest BCUT2D eigenvalue weighted by Gasteiger charge is -2.06. The molecule has 1 heterocycles. The molecule has 0 saturated carbocycles. The van der Waals surface area contributed by atoms with Crippen LogP contribution in [0.4, 0.5) is 0 Å². The highest BCUT2D eigenvalue weighted by atomic mass is 79.9. The Morgan fingerprint density at radius 1 is 1.55 bits per heavy atom. The molecule has 0 saturated heterocycles. The van der Waals surface area contributed by atoms with Gasteiger partial charge in [-0.25, -0.2) is 4.79 Å². The van der Waals surface area contributed by atoms with Gasteiger partial charge in [0.25, 0.3) is 0 Å². The standard InChI is InChI=1S/C13H12BrN3O3/c1-17-7-10(15-16-17)8-20-11-3-4-12(14)9(6-11)2-5-13(18)19/h2-7H,8H2,1H3,(H,18,19)/b5-2+. The average Bonchev–Trinajstić information content (AvgIpc) is 2.82. The van der Waals surface area contributed by atoms with Crippen molar-refractivity contribution in [3.8, 4) is 5.75 Å². The third-order valence-corrected chi connectivity index (χ3v) is 3.13. The fraction of sp³-hybridized carbons (Fsp3) is 0.154. The van der Waals surface area contributed by atoms with Crippen LogP contribution in [-0.2, 0) is 18.4 Å².